The number of nitrogens with one attached hydrogen (secondary N) is 1. The molecule has 1 rings (SSSR count). The molecule has 0 radical (unpaired) electrons. The van der Waals surface area contributed by atoms with Crippen molar-refractivity contribution in [1.82, 2.24) is 5.32 Å². The number of carbonyl (C=O) groups excluding carboxylic acids is 1. The van der Waals surface area contributed by atoms with Crippen molar-refractivity contribution < 1.29 is 14.7 Å². The van der Waals surface area contributed by atoms with Crippen molar-refractivity contribution in [3.8, 4) is 0 Å². The molecule has 1 saturated carbocycles. The van der Waals surface area contributed by atoms with Crippen LogP contribution in [0.1, 0.15) is 19.8 Å². The monoisotopic (exact) mass is 203 g/mol. The first-order valence-electron chi connectivity index (χ1n) is 4.12. The van der Waals surface area contributed by atoms with Crippen molar-refractivity contribution in [3.63, 3.8) is 0 Å². The molecular formula is C8H13NO3S. The third-order valence-corrected chi connectivity index (χ3v) is 3.21. The van der Waals surface area contributed by atoms with Gasteiger partial charge in [-0.2, -0.15) is 0 Å². The number of carboxylic acids is 1. The van der Waals surface area contributed by atoms with E-state index in [1.807, 2.05) is 0 Å². The lowest BCUT2D eigenvalue weighted by molar-refractivity contribution is -0.142. The molecule has 5 heteroatoms. The number of hydrogen-bond acceptors (Lipinski definition) is 3. The smallest absolute Gasteiger partial charge is 0.310 e. The Morgan fingerprint density at radius 1 is 1.54 bits per heavy atom. The zero-order valence-corrected chi connectivity index (χ0v) is 8.32. The summed E-state index contributed by atoms with van der Waals surface area (Å²) in [6.07, 6.45) is 1.55. The molecule has 0 aromatic rings. The summed E-state index contributed by atoms with van der Waals surface area (Å²) >= 11 is 1.47. The first-order valence-corrected chi connectivity index (χ1v) is 5.28. The average molecular weight is 203 g/mol. The number of aliphatic carboxylic acids is 1. The molecule has 1 fully saturated rings. The highest BCUT2D eigenvalue weighted by Gasteiger charge is 2.49. The molecule has 1 amide bonds. The fourth-order valence-electron chi connectivity index (χ4n) is 0.970. The maximum Gasteiger partial charge on any atom is 0.310 e. The Hall–Kier alpha value is -0.710. The third kappa shape index (κ3) is 2.91. The van der Waals surface area contributed by atoms with Crippen LogP contribution in [0.4, 0.5) is 0 Å². The highest BCUT2D eigenvalue weighted by molar-refractivity contribution is 7.99. The number of thioether (sulfide) groups is 1. The van der Waals surface area contributed by atoms with Crippen LogP contribution in [0.3, 0.4) is 0 Å². The van der Waals surface area contributed by atoms with Crippen LogP contribution in [-0.4, -0.2) is 28.6 Å². The van der Waals surface area contributed by atoms with Crippen LogP contribution in [-0.2, 0) is 9.59 Å². The minimum absolute atomic E-state index is 0.0762. The van der Waals surface area contributed by atoms with Crippen LogP contribution >= 0.6 is 11.8 Å². The average Bonchev–Trinajstić information content (AvgIpc) is 2.78. The highest BCUT2D eigenvalue weighted by Crippen LogP contribution is 2.48. The van der Waals surface area contributed by atoms with Gasteiger partial charge >= 0.3 is 5.97 Å². The first kappa shape index (κ1) is 10.4. The number of carboxylic acid groups (broad SMARTS) is 1. The molecule has 1 aliphatic rings. The normalized spacial score (nSPS) is 17.9. The molecule has 0 unspecified atom stereocenters. The Morgan fingerprint density at radius 3 is 2.54 bits per heavy atom. The summed E-state index contributed by atoms with van der Waals surface area (Å²) in [6.45, 7) is 1.45. The van der Waals surface area contributed by atoms with E-state index in [0.717, 1.165) is 12.8 Å². The molecule has 74 valence electrons. The van der Waals surface area contributed by atoms with E-state index in [4.69, 9.17) is 5.11 Å². The largest absolute Gasteiger partial charge is 0.481 e. The second-order valence-electron chi connectivity index (χ2n) is 3.31. The molecule has 13 heavy (non-hydrogen) atoms. The molecule has 0 bridgehead atoms. The van der Waals surface area contributed by atoms with E-state index in [-0.39, 0.29) is 5.91 Å². The highest BCUT2D eigenvalue weighted by atomic mass is 32.2. The zero-order chi connectivity index (χ0) is 9.90. The number of amides is 1. The van der Waals surface area contributed by atoms with Gasteiger partial charge in [-0.05, 0) is 12.8 Å². The predicted octanol–water partition coefficient (Wildman–Crippen LogP) is 0.678. The minimum atomic E-state index is -0.706. The molecular weight excluding hydrogens is 190 g/mol. The van der Waals surface area contributed by atoms with Crippen LogP contribution in [0.25, 0.3) is 0 Å². The SMILES string of the molecule is CC(=O)NCSCC1(C(=O)O)CC1. The van der Waals surface area contributed by atoms with Crippen LogP contribution in [0, 0.1) is 5.41 Å². The van der Waals surface area contributed by atoms with E-state index >= 15 is 0 Å². The quantitative estimate of drug-likeness (QED) is 0.509. The van der Waals surface area contributed by atoms with Gasteiger partial charge in [0.1, 0.15) is 0 Å². The lowest BCUT2D eigenvalue weighted by Gasteiger charge is -2.08. The van der Waals surface area contributed by atoms with Gasteiger partial charge in [-0.1, -0.05) is 0 Å². The molecule has 2 N–H and O–H groups in total. The van der Waals surface area contributed by atoms with E-state index in [0.29, 0.717) is 11.6 Å². The van der Waals surface area contributed by atoms with E-state index in [2.05, 4.69) is 5.32 Å². The molecule has 0 aromatic heterocycles. The second kappa shape index (κ2) is 4.00. The maximum absolute atomic E-state index is 10.7. The predicted molar refractivity (Wildman–Crippen MR) is 50.4 cm³/mol. The van der Waals surface area contributed by atoms with Gasteiger partial charge in [-0.25, -0.2) is 0 Å². The van der Waals surface area contributed by atoms with Gasteiger partial charge in [-0.15, -0.1) is 11.8 Å². The fraction of sp³-hybridized carbons (Fsp3) is 0.750. The molecule has 0 heterocycles. The summed E-state index contributed by atoms with van der Waals surface area (Å²) < 4.78 is 0. The molecule has 0 spiro atoms. The summed E-state index contributed by atoms with van der Waals surface area (Å²) in [7, 11) is 0. The third-order valence-electron chi connectivity index (χ3n) is 2.11. The summed E-state index contributed by atoms with van der Waals surface area (Å²) in [5.74, 6) is 0.322. The molecule has 1 aliphatic carbocycles. The number of rotatable bonds is 5. The number of carbonyl (C=O) groups is 2. The topological polar surface area (TPSA) is 66.4 Å². The molecule has 0 saturated heterocycles. The van der Waals surface area contributed by atoms with E-state index < -0.39 is 11.4 Å². The fourth-order valence-corrected chi connectivity index (χ4v) is 2.18. The van der Waals surface area contributed by atoms with Crippen molar-refractivity contribution >= 4 is 23.6 Å². The van der Waals surface area contributed by atoms with E-state index in [1.54, 1.807) is 0 Å². The zero-order valence-electron chi connectivity index (χ0n) is 7.50. The minimum Gasteiger partial charge on any atom is -0.481 e. The lowest BCUT2D eigenvalue weighted by atomic mass is 10.1. The van der Waals surface area contributed by atoms with Gasteiger partial charge in [0.05, 0.1) is 11.3 Å². The van der Waals surface area contributed by atoms with Crippen LogP contribution in [0.5, 0.6) is 0 Å². The van der Waals surface area contributed by atoms with Crippen molar-refractivity contribution in [3.05, 3.63) is 0 Å². The molecule has 0 aromatic carbocycles. The van der Waals surface area contributed by atoms with Crippen molar-refractivity contribution in [2.24, 2.45) is 5.41 Å². The Labute approximate surface area is 81.1 Å². The Kier molecular flexibility index (Phi) is 3.19. The van der Waals surface area contributed by atoms with Crippen molar-refractivity contribution in [1.29, 1.82) is 0 Å². The van der Waals surface area contributed by atoms with Gasteiger partial charge < -0.3 is 10.4 Å². The first-order chi connectivity index (χ1) is 6.07. The van der Waals surface area contributed by atoms with Gasteiger partial charge in [0.25, 0.3) is 0 Å². The van der Waals surface area contributed by atoms with E-state index in [9.17, 15) is 9.59 Å². The van der Waals surface area contributed by atoms with Gasteiger partial charge in [-0.3, -0.25) is 9.59 Å². The number of hydrogen-bond donors (Lipinski definition) is 2. The van der Waals surface area contributed by atoms with Gasteiger partial charge in [0.2, 0.25) is 5.91 Å². The molecule has 4 nitrogen and oxygen atoms in total. The summed E-state index contributed by atoms with van der Waals surface area (Å²) in [5.41, 5.74) is -0.483. The van der Waals surface area contributed by atoms with E-state index in [1.165, 1.54) is 18.7 Å². The molecule has 0 atom stereocenters. The second-order valence-corrected chi connectivity index (χ2v) is 4.30. The summed E-state index contributed by atoms with van der Waals surface area (Å²) in [4.78, 5) is 21.2. The summed E-state index contributed by atoms with van der Waals surface area (Å²) in [6, 6.07) is 0. The Balaban J connectivity index is 2.13. The van der Waals surface area contributed by atoms with Gasteiger partial charge in [0, 0.05) is 12.7 Å². The maximum atomic E-state index is 10.7. The van der Waals surface area contributed by atoms with Crippen LogP contribution < -0.4 is 5.32 Å². The standard InChI is InChI=1S/C8H13NO3S/c1-6(10)9-5-13-4-8(2-3-8)7(11)12/h2-5H2,1H3,(H,9,10)(H,11,12). The van der Waals surface area contributed by atoms with Crippen LogP contribution in [0.2, 0.25) is 0 Å². The molecule has 0 aliphatic heterocycles. The van der Waals surface area contributed by atoms with Crippen LogP contribution in [0.15, 0.2) is 0 Å². The lowest BCUT2D eigenvalue weighted by Crippen LogP contribution is -2.22. The van der Waals surface area contributed by atoms with Gasteiger partial charge in [0.15, 0.2) is 0 Å². The van der Waals surface area contributed by atoms with Crippen molar-refractivity contribution in [2.75, 3.05) is 11.6 Å². The summed E-state index contributed by atoms with van der Waals surface area (Å²) in [5, 5.41) is 11.4. The van der Waals surface area contributed by atoms with Crippen molar-refractivity contribution in [2.45, 2.75) is 19.8 Å². The Morgan fingerprint density at radius 2 is 2.15 bits per heavy atom. The Bertz CT molecular complexity index is 225.